The summed E-state index contributed by atoms with van der Waals surface area (Å²) in [5, 5.41) is 17.6. The molecule has 3 rings (SSSR count). The van der Waals surface area contributed by atoms with E-state index >= 15 is 0 Å². The van der Waals surface area contributed by atoms with Gasteiger partial charge in [-0.2, -0.15) is 10.4 Å². The lowest BCUT2D eigenvalue weighted by molar-refractivity contribution is 1.00. The quantitative estimate of drug-likeness (QED) is 0.201. The average molecular weight is 366 g/mol. The van der Waals surface area contributed by atoms with Crippen molar-refractivity contribution in [1.29, 1.82) is 5.26 Å². The predicted octanol–water partition coefficient (Wildman–Crippen LogP) is 1.20. The molecule has 0 amide bonds. The number of rotatable bonds is 4. The number of anilines is 2. The van der Waals surface area contributed by atoms with Crippen molar-refractivity contribution in [2.24, 2.45) is 16.8 Å². The molecular weight excluding hydrogens is 352 g/mol. The number of amidine groups is 1. The van der Waals surface area contributed by atoms with Crippen molar-refractivity contribution in [3.63, 3.8) is 0 Å². The van der Waals surface area contributed by atoms with Gasteiger partial charge in [-0.25, -0.2) is 10.8 Å². The molecule has 0 fully saturated rings. The van der Waals surface area contributed by atoms with E-state index in [-0.39, 0.29) is 11.5 Å². The number of aromatic nitrogens is 2. The molecule has 1 aromatic carbocycles. The van der Waals surface area contributed by atoms with E-state index < -0.39 is 5.56 Å². The Labute approximate surface area is 152 Å². The number of H-pyrrole nitrogens is 1. The van der Waals surface area contributed by atoms with E-state index in [4.69, 9.17) is 11.7 Å². The Balaban J connectivity index is 1.94. The Kier molecular flexibility index (Phi) is 4.93. The molecule has 3 aromatic rings. The highest BCUT2D eigenvalue weighted by molar-refractivity contribution is 7.13. The van der Waals surface area contributed by atoms with Gasteiger partial charge in [-0.15, -0.1) is 11.3 Å². The Morgan fingerprint density at radius 2 is 2.08 bits per heavy atom. The molecule has 9 nitrogen and oxygen atoms in total. The number of hydrazine groups is 1. The summed E-state index contributed by atoms with van der Waals surface area (Å²) in [6.07, 6.45) is 0. The Morgan fingerprint density at radius 3 is 2.65 bits per heavy atom. The first kappa shape index (κ1) is 17.2. The van der Waals surface area contributed by atoms with Gasteiger partial charge < -0.3 is 16.6 Å². The van der Waals surface area contributed by atoms with E-state index in [0.717, 1.165) is 4.88 Å². The van der Waals surface area contributed by atoms with Crippen molar-refractivity contribution >= 4 is 28.8 Å². The number of nitrogens with two attached hydrogens (primary N) is 2. The second-order valence-electron chi connectivity index (χ2n) is 5.05. The van der Waals surface area contributed by atoms with Gasteiger partial charge in [-0.3, -0.25) is 9.78 Å². The lowest BCUT2D eigenvalue weighted by atomic mass is 10.2. The number of hydrazone groups is 1. The fourth-order valence-electron chi connectivity index (χ4n) is 2.27. The van der Waals surface area contributed by atoms with Crippen LogP contribution in [0, 0.1) is 11.3 Å². The van der Waals surface area contributed by atoms with E-state index in [1.807, 2.05) is 17.5 Å². The van der Waals surface area contributed by atoms with Crippen LogP contribution in [0.5, 0.6) is 0 Å². The molecular formula is C16H14N8OS. The van der Waals surface area contributed by atoms with E-state index in [9.17, 15) is 10.1 Å². The van der Waals surface area contributed by atoms with Gasteiger partial charge in [0.25, 0.3) is 5.56 Å². The topological polar surface area (TPSA) is 158 Å². The first-order chi connectivity index (χ1) is 12.7. The minimum absolute atomic E-state index is 0.0221. The van der Waals surface area contributed by atoms with Gasteiger partial charge >= 0.3 is 0 Å². The molecule has 26 heavy (non-hydrogen) atoms. The summed E-state index contributed by atoms with van der Waals surface area (Å²) >= 11 is 1.40. The third-order valence-corrected chi connectivity index (χ3v) is 4.35. The first-order valence-corrected chi connectivity index (χ1v) is 8.24. The number of nitriles is 1. The summed E-state index contributed by atoms with van der Waals surface area (Å²) in [6.45, 7) is 0. The summed E-state index contributed by atoms with van der Waals surface area (Å²) in [6, 6.07) is 12.5. The zero-order chi connectivity index (χ0) is 18.5. The zero-order valence-corrected chi connectivity index (χ0v) is 14.2. The second-order valence-corrected chi connectivity index (χ2v) is 6.00. The van der Waals surface area contributed by atoms with Crippen LogP contribution in [0.2, 0.25) is 0 Å². The monoisotopic (exact) mass is 366 g/mol. The number of hydrogen-bond acceptors (Lipinski definition) is 8. The van der Waals surface area contributed by atoms with Gasteiger partial charge in [-0.05, 0) is 35.7 Å². The molecule has 0 aliphatic heterocycles. The van der Waals surface area contributed by atoms with Crippen LogP contribution in [0.4, 0.5) is 11.6 Å². The summed E-state index contributed by atoms with van der Waals surface area (Å²) in [5.41, 5.74) is 3.58. The fourth-order valence-corrected chi connectivity index (χ4v) is 2.99. The number of thiophene rings is 1. The molecule has 0 saturated carbocycles. The van der Waals surface area contributed by atoms with Gasteiger partial charge in [0, 0.05) is 11.3 Å². The largest absolute Gasteiger partial charge is 0.326 e. The van der Waals surface area contributed by atoms with Crippen LogP contribution in [0.3, 0.4) is 0 Å². The molecule has 130 valence electrons. The normalized spacial score (nSPS) is 11.0. The van der Waals surface area contributed by atoms with Gasteiger partial charge in [0.05, 0.1) is 4.88 Å². The third-order valence-electron chi connectivity index (χ3n) is 3.47. The SMILES string of the molecule is N#Cc1c(-c2cccs2)nc(Nc2ccc(/C(=N/N)NN)cc2)[nH]c1=O. The summed E-state index contributed by atoms with van der Waals surface area (Å²) in [7, 11) is 0. The lowest BCUT2D eigenvalue weighted by Gasteiger charge is -2.09. The predicted molar refractivity (Wildman–Crippen MR) is 101 cm³/mol. The van der Waals surface area contributed by atoms with Gasteiger partial charge in [0.15, 0.2) is 5.84 Å². The highest BCUT2D eigenvalue weighted by Crippen LogP contribution is 2.25. The molecule has 0 spiro atoms. The van der Waals surface area contributed by atoms with Crippen LogP contribution in [0.15, 0.2) is 51.7 Å². The Morgan fingerprint density at radius 1 is 1.31 bits per heavy atom. The third kappa shape index (κ3) is 3.39. The maximum Gasteiger partial charge on any atom is 0.270 e. The van der Waals surface area contributed by atoms with Crippen molar-refractivity contribution in [1.82, 2.24) is 15.4 Å². The van der Waals surface area contributed by atoms with Crippen molar-refractivity contribution in [3.8, 4) is 16.6 Å². The van der Waals surface area contributed by atoms with Crippen LogP contribution in [0.25, 0.3) is 10.6 Å². The molecule has 7 N–H and O–H groups in total. The van der Waals surface area contributed by atoms with E-state index in [1.165, 1.54) is 11.3 Å². The first-order valence-electron chi connectivity index (χ1n) is 7.36. The van der Waals surface area contributed by atoms with Crippen LogP contribution < -0.4 is 28.0 Å². The van der Waals surface area contributed by atoms with Crippen LogP contribution in [-0.2, 0) is 0 Å². The maximum atomic E-state index is 12.2. The molecule has 0 unspecified atom stereocenters. The van der Waals surface area contributed by atoms with Gasteiger partial charge in [-0.1, -0.05) is 6.07 Å². The second kappa shape index (κ2) is 7.47. The molecule has 0 aliphatic carbocycles. The van der Waals surface area contributed by atoms with Crippen molar-refractivity contribution in [2.75, 3.05) is 5.32 Å². The molecule has 0 atom stereocenters. The van der Waals surface area contributed by atoms with Gasteiger partial charge in [0.1, 0.15) is 17.3 Å². The number of nitrogens with zero attached hydrogens (tertiary/aromatic N) is 3. The number of aromatic amines is 1. The standard InChI is InChI=1S/C16H14N8OS/c17-8-11-13(12-2-1-7-26-12)21-16(22-15(11)25)20-10-5-3-9(4-6-10)14(23-18)24-19/h1-7H,18-19H2,(H,23,24)(H2,20,21,22,25). The maximum absolute atomic E-state index is 12.2. The summed E-state index contributed by atoms with van der Waals surface area (Å²) in [4.78, 5) is 19.9. The lowest BCUT2D eigenvalue weighted by Crippen LogP contribution is -2.31. The fraction of sp³-hybridized carbons (Fsp3) is 0. The minimum Gasteiger partial charge on any atom is -0.326 e. The molecule has 10 heteroatoms. The zero-order valence-electron chi connectivity index (χ0n) is 13.4. The van der Waals surface area contributed by atoms with Crippen LogP contribution >= 0.6 is 11.3 Å². The van der Waals surface area contributed by atoms with Gasteiger partial charge in [0.2, 0.25) is 5.95 Å². The van der Waals surface area contributed by atoms with Crippen LogP contribution in [0.1, 0.15) is 11.1 Å². The Hall–Kier alpha value is -3.68. The van der Waals surface area contributed by atoms with Crippen LogP contribution in [-0.4, -0.2) is 15.8 Å². The smallest absolute Gasteiger partial charge is 0.270 e. The summed E-state index contributed by atoms with van der Waals surface area (Å²) < 4.78 is 0. The van der Waals surface area contributed by atoms with Crippen molar-refractivity contribution in [3.05, 3.63) is 63.3 Å². The number of benzene rings is 1. The number of hydrogen-bond donors (Lipinski definition) is 5. The van der Waals surface area contributed by atoms with Crippen molar-refractivity contribution in [2.45, 2.75) is 0 Å². The molecule has 0 saturated heterocycles. The number of nitrogens with one attached hydrogen (secondary N) is 3. The van der Waals surface area contributed by atoms with E-state index in [0.29, 0.717) is 22.8 Å². The molecule has 0 bridgehead atoms. The molecule has 2 aromatic heterocycles. The highest BCUT2D eigenvalue weighted by atomic mass is 32.1. The molecule has 0 aliphatic rings. The molecule has 0 radical (unpaired) electrons. The van der Waals surface area contributed by atoms with Crippen molar-refractivity contribution < 1.29 is 0 Å². The van der Waals surface area contributed by atoms with E-state index in [2.05, 4.69) is 25.8 Å². The highest BCUT2D eigenvalue weighted by Gasteiger charge is 2.14. The molecule has 2 heterocycles. The van der Waals surface area contributed by atoms with E-state index in [1.54, 1.807) is 30.3 Å². The Bertz CT molecular complexity index is 1030. The average Bonchev–Trinajstić information content (AvgIpc) is 3.18. The minimum atomic E-state index is -0.505. The summed E-state index contributed by atoms with van der Waals surface area (Å²) in [5.74, 6) is 11.1.